The first-order valence-electron chi connectivity index (χ1n) is 6.02. The number of aromatic nitrogens is 2. The highest BCUT2D eigenvalue weighted by Gasteiger charge is 2.17. The average Bonchev–Trinajstić information content (AvgIpc) is 2.77. The Morgan fingerprint density at radius 3 is 2.53 bits per heavy atom. The molecule has 0 fully saturated rings. The van der Waals surface area contributed by atoms with Gasteiger partial charge in [-0.25, -0.2) is 0 Å². The second-order valence-corrected chi connectivity index (χ2v) is 5.73. The predicted molar refractivity (Wildman–Crippen MR) is 83.9 cm³/mol. The number of benzene rings is 2. The quantitative estimate of drug-likeness (QED) is 0.709. The Balaban J connectivity index is 2.11. The van der Waals surface area contributed by atoms with Crippen LogP contribution >= 0.6 is 22.6 Å². The Labute approximate surface area is 125 Å². The molecule has 3 aromatic rings. The van der Waals surface area contributed by atoms with Crippen molar-refractivity contribution < 1.29 is 5.11 Å². The highest BCUT2D eigenvalue weighted by molar-refractivity contribution is 14.1. The standard InChI is InChI=1S/C15H13IN2O/c1-18-13-5-3-2-4-12(13)14(17-18)15(19)10-6-8-11(16)9-7-10/h2-9,15,19H,1H3. The molecule has 0 spiro atoms. The van der Waals surface area contributed by atoms with Crippen LogP contribution in [0.25, 0.3) is 10.9 Å². The van der Waals surface area contributed by atoms with Gasteiger partial charge in [-0.05, 0) is 46.4 Å². The molecular weight excluding hydrogens is 351 g/mol. The first-order chi connectivity index (χ1) is 9.16. The van der Waals surface area contributed by atoms with Gasteiger partial charge in [-0.2, -0.15) is 5.10 Å². The molecule has 1 N–H and O–H groups in total. The summed E-state index contributed by atoms with van der Waals surface area (Å²) in [6.07, 6.45) is -0.692. The van der Waals surface area contributed by atoms with Crippen molar-refractivity contribution in [3.8, 4) is 0 Å². The van der Waals surface area contributed by atoms with Crippen LogP contribution in [0.5, 0.6) is 0 Å². The van der Waals surface area contributed by atoms with Crippen LogP contribution in [0, 0.1) is 3.57 Å². The molecule has 0 aliphatic heterocycles. The van der Waals surface area contributed by atoms with Crippen molar-refractivity contribution in [2.45, 2.75) is 6.10 Å². The van der Waals surface area contributed by atoms with E-state index < -0.39 is 6.10 Å². The van der Waals surface area contributed by atoms with E-state index in [0.29, 0.717) is 5.69 Å². The van der Waals surface area contributed by atoms with Crippen LogP contribution in [0.3, 0.4) is 0 Å². The number of fused-ring (bicyclic) bond motifs is 1. The number of aliphatic hydroxyl groups excluding tert-OH is 1. The number of rotatable bonds is 2. The molecule has 3 rings (SSSR count). The number of hydrogen-bond acceptors (Lipinski definition) is 2. The molecule has 0 saturated heterocycles. The van der Waals surface area contributed by atoms with Crippen LogP contribution in [0.4, 0.5) is 0 Å². The molecule has 19 heavy (non-hydrogen) atoms. The van der Waals surface area contributed by atoms with E-state index in [2.05, 4.69) is 27.7 Å². The Kier molecular flexibility index (Phi) is 3.28. The molecule has 1 atom stereocenters. The monoisotopic (exact) mass is 364 g/mol. The first kappa shape index (κ1) is 12.6. The molecule has 1 heterocycles. The third-order valence-electron chi connectivity index (χ3n) is 3.23. The largest absolute Gasteiger partial charge is 0.382 e. The maximum atomic E-state index is 10.5. The number of aryl methyl sites for hydroxylation is 1. The van der Waals surface area contributed by atoms with Gasteiger partial charge in [0.2, 0.25) is 0 Å². The Morgan fingerprint density at radius 2 is 1.79 bits per heavy atom. The van der Waals surface area contributed by atoms with Crippen molar-refractivity contribution in [3.63, 3.8) is 0 Å². The zero-order valence-electron chi connectivity index (χ0n) is 10.4. The van der Waals surface area contributed by atoms with Crippen LogP contribution in [-0.4, -0.2) is 14.9 Å². The predicted octanol–water partition coefficient (Wildman–Crippen LogP) is 3.26. The lowest BCUT2D eigenvalue weighted by Crippen LogP contribution is -2.02. The molecule has 0 aliphatic rings. The molecule has 96 valence electrons. The normalized spacial score (nSPS) is 12.8. The summed E-state index contributed by atoms with van der Waals surface area (Å²) in [7, 11) is 1.90. The van der Waals surface area contributed by atoms with E-state index in [-0.39, 0.29) is 0 Å². The van der Waals surface area contributed by atoms with Crippen LogP contribution in [0.15, 0.2) is 48.5 Å². The third-order valence-corrected chi connectivity index (χ3v) is 3.95. The van der Waals surface area contributed by atoms with E-state index in [1.54, 1.807) is 4.68 Å². The maximum Gasteiger partial charge on any atom is 0.123 e. The van der Waals surface area contributed by atoms with Gasteiger partial charge < -0.3 is 5.11 Å². The Hall–Kier alpha value is -1.40. The minimum Gasteiger partial charge on any atom is -0.382 e. The molecule has 0 amide bonds. The highest BCUT2D eigenvalue weighted by atomic mass is 127. The van der Waals surface area contributed by atoms with Crippen LogP contribution in [-0.2, 0) is 7.05 Å². The summed E-state index contributed by atoms with van der Waals surface area (Å²) in [6, 6.07) is 15.8. The first-order valence-corrected chi connectivity index (χ1v) is 7.10. The molecule has 1 aromatic heterocycles. The second-order valence-electron chi connectivity index (χ2n) is 4.48. The SMILES string of the molecule is Cn1nc(C(O)c2ccc(I)cc2)c2ccccc21. The van der Waals surface area contributed by atoms with Gasteiger partial charge >= 0.3 is 0 Å². The van der Waals surface area contributed by atoms with Crippen molar-refractivity contribution in [1.82, 2.24) is 9.78 Å². The molecule has 3 nitrogen and oxygen atoms in total. The van der Waals surface area contributed by atoms with Gasteiger partial charge in [-0.15, -0.1) is 0 Å². The minimum absolute atomic E-state index is 0.692. The molecule has 0 bridgehead atoms. The summed E-state index contributed by atoms with van der Waals surface area (Å²) in [5.41, 5.74) is 2.60. The van der Waals surface area contributed by atoms with E-state index in [0.717, 1.165) is 20.0 Å². The Bertz CT molecular complexity index is 719. The summed E-state index contributed by atoms with van der Waals surface area (Å²) >= 11 is 2.25. The zero-order chi connectivity index (χ0) is 13.4. The molecule has 0 radical (unpaired) electrons. The Morgan fingerprint density at radius 1 is 1.11 bits per heavy atom. The van der Waals surface area contributed by atoms with Gasteiger partial charge in [0.05, 0.1) is 5.52 Å². The lowest BCUT2D eigenvalue weighted by molar-refractivity contribution is 0.215. The topological polar surface area (TPSA) is 38.0 Å². The minimum atomic E-state index is -0.692. The number of hydrogen-bond donors (Lipinski definition) is 1. The maximum absolute atomic E-state index is 10.5. The van der Waals surface area contributed by atoms with Gasteiger partial charge in [-0.3, -0.25) is 4.68 Å². The van der Waals surface area contributed by atoms with Crippen molar-refractivity contribution in [1.29, 1.82) is 0 Å². The third kappa shape index (κ3) is 2.26. The molecule has 0 aliphatic carbocycles. The molecule has 2 aromatic carbocycles. The number of nitrogens with zero attached hydrogens (tertiary/aromatic N) is 2. The smallest absolute Gasteiger partial charge is 0.123 e. The van der Waals surface area contributed by atoms with E-state index in [9.17, 15) is 5.11 Å². The van der Waals surface area contributed by atoms with Crippen molar-refractivity contribution in [2.24, 2.45) is 7.05 Å². The van der Waals surface area contributed by atoms with E-state index in [4.69, 9.17) is 0 Å². The molecule has 4 heteroatoms. The fourth-order valence-corrected chi connectivity index (χ4v) is 2.61. The van der Waals surface area contributed by atoms with Crippen molar-refractivity contribution in [2.75, 3.05) is 0 Å². The van der Waals surface area contributed by atoms with E-state index >= 15 is 0 Å². The summed E-state index contributed by atoms with van der Waals surface area (Å²) in [5, 5.41) is 16.0. The number of aliphatic hydroxyl groups is 1. The lowest BCUT2D eigenvalue weighted by Gasteiger charge is -2.08. The van der Waals surface area contributed by atoms with Crippen molar-refractivity contribution in [3.05, 3.63) is 63.4 Å². The lowest BCUT2D eigenvalue weighted by atomic mass is 10.0. The number of para-hydroxylation sites is 1. The number of halogens is 1. The van der Waals surface area contributed by atoms with Crippen molar-refractivity contribution >= 4 is 33.5 Å². The second kappa shape index (κ2) is 4.94. The summed E-state index contributed by atoms with van der Waals surface area (Å²) < 4.78 is 2.96. The van der Waals surface area contributed by atoms with Crippen LogP contribution < -0.4 is 0 Å². The van der Waals surface area contributed by atoms with Gasteiger partial charge in [0, 0.05) is 16.0 Å². The summed E-state index contributed by atoms with van der Waals surface area (Å²) in [6.45, 7) is 0. The highest BCUT2D eigenvalue weighted by Crippen LogP contribution is 2.28. The summed E-state index contributed by atoms with van der Waals surface area (Å²) in [5.74, 6) is 0. The average molecular weight is 364 g/mol. The molecule has 0 saturated carbocycles. The van der Waals surface area contributed by atoms with E-state index in [1.807, 2.05) is 55.6 Å². The van der Waals surface area contributed by atoms with Crippen LogP contribution in [0.2, 0.25) is 0 Å². The van der Waals surface area contributed by atoms with Gasteiger partial charge in [0.1, 0.15) is 11.8 Å². The van der Waals surface area contributed by atoms with Gasteiger partial charge in [0.15, 0.2) is 0 Å². The molecular formula is C15H13IN2O. The van der Waals surface area contributed by atoms with Crippen LogP contribution in [0.1, 0.15) is 17.4 Å². The van der Waals surface area contributed by atoms with E-state index in [1.165, 1.54) is 0 Å². The summed E-state index contributed by atoms with van der Waals surface area (Å²) in [4.78, 5) is 0. The van der Waals surface area contributed by atoms with Gasteiger partial charge in [0.25, 0.3) is 0 Å². The zero-order valence-corrected chi connectivity index (χ0v) is 12.6. The fraction of sp³-hybridized carbons (Fsp3) is 0.133. The fourth-order valence-electron chi connectivity index (χ4n) is 2.25. The van der Waals surface area contributed by atoms with Gasteiger partial charge in [-0.1, -0.05) is 30.3 Å². The molecule has 1 unspecified atom stereocenters.